The largest absolute Gasteiger partial charge is 0.492 e. The van der Waals surface area contributed by atoms with Crippen LogP contribution in [0.1, 0.15) is 39.7 Å². The fourth-order valence-electron chi connectivity index (χ4n) is 1.64. The molecule has 0 fully saturated rings. The fourth-order valence-corrected chi connectivity index (χ4v) is 1.64. The van der Waals surface area contributed by atoms with E-state index in [0.717, 1.165) is 18.7 Å². The number of benzene rings is 1. The molecular weight excluding hydrogens is 210 g/mol. The van der Waals surface area contributed by atoms with Crippen molar-refractivity contribution < 1.29 is 4.74 Å². The maximum Gasteiger partial charge on any atom is 0.119 e. The lowest BCUT2D eigenvalue weighted by atomic mass is 10.1. The summed E-state index contributed by atoms with van der Waals surface area (Å²) in [6, 6.07) is 8.41. The number of rotatable bonds is 6. The van der Waals surface area contributed by atoms with E-state index in [1.807, 2.05) is 0 Å². The third-order valence-corrected chi connectivity index (χ3v) is 2.49. The Morgan fingerprint density at radius 2 is 1.76 bits per heavy atom. The second kappa shape index (κ2) is 6.65. The number of ether oxygens (including phenoxy) is 1. The summed E-state index contributed by atoms with van der Waals surface area (Å²) in [6.07, 6.45) is 2.33. The van der Waals surface area contributed by atoms with Gasteiger partial charge in [0.1, 0.15) is 12.4 Å². The molecule has 0 saturated heterocycles. The van der Waals surface area contributed by atoms with E-state index >= 15 is 0 Å². The van der Waals surface area contributed by atoms with E-state index in [1.165, 1.54) is 12.0 Å². The average molecular weight is 235 g/mol. The van der Waals surface area contributed by atoms with Gasteiger partial charge in [0, 0.05) is 12.1 Å². The molecule has 0 unspecified atom stereocenters. The number of hydrogen-bond acceptors (Lipinski definition) is 2. The summed E-state index contributed by atoms with van der Waals surface area (Å²) in [5.74, 6) is 0.959. The summed E-state index contributed by atoms with van der Waals surface area (Å²) in [6.45, 7) is 10.3. The van der Waals surface area contributed by atoms with Gasteiger partial charge in [0.15, 0.2) is 0 Å². The van der Waals surface area contributed by atoms with Crippen LogP contribution in [-0.2, 0) is 6.42 Å². The molecule has 1 aromatic rings. The van der Waals surface area contributed by atoms with Gasteiger partial charge in [0.2, 0.25) is 0 Å². The average Bonchev–Trinajstić information content (AvgIpc) is 2.26. The van der Waals surface area contributed by atoms with E-state index in [0.29, 0.717) is 6.61 Å². The molecule has 0 radical (unpaired) electrons. The van der Waals surface area contributed by atoms with Gasteiger partial charge in [-0.15, -0.1) is 0 Å². The van der Waals surface area contributed by atoms with Crippen LogP contribution in [0.3, 0.4) is 0 Å². The van der Waals surface area contributed by atoms with Crippen LogP contribution in [0.5, 0.6) is 5.75 Å². The highest BCUT2D eigenvalue weighted by molar-refractivity contribution is 5.27. The van der Waals surface area contributed by atoms with Crippen LogP contribution in [0.15, 0.2) is 24.3 Å². The Bertz CT molecular complexity index is 311. The summed E-state index contributed by atoms with van der Waals surface area (Å²) >= 11 is 0. The zero-order valence-corrected chi connectivity index (χ0v) is 11.5. The van der Waals surface area contributed by atoms with Crippen molar-refractivity contribution in [2.75, 3.05) is 13.2 Å². The molecule has 2 heteroatoms. The van der Waals surface area contributed by atoms with Crippen molar-refractivity contribution in [3.63, 3.8) is 0 Å². The van der Waals surface area contributed by atoms with Gasteiger partial charge in [0.25, 0.3) is 0 Å². The Labute approximate surface area is 105 Å². The van der Waals surface area contributed by atoms with E-state index in [-0.39, 0.29) is 5.54 Å². The molecule has 96 valence electrons. The van der Waals surface area contributed by atoms with Crippen molar-refractivity contribution in [1.82, 2.24) is 5.32 Å². The predicted molar refractivity (Wildman–Crippen MR) is 73.7 cm³/mol. The molecule has 0 amide bonds. The van der Waals surface area contributed by atoms with Crippen molar-refractivity contribution in [3.8, 4) is 5.75 Å². The van der Waals surface area contributed by atoms with Crippen LogP contribution in [0.2, 0.25) is 0 Å². The minimum Gasteiger partial charge on any atom is -0.492 e. The van der Waals surface area contributed by atoms with Crippen LogP contribution in [-0.4, -0.2) is 18.7 Å². The van der Waals surface area contributed by atoms with Crippen LogP contribution >= 0.6 is 0 Å². The summed E-state index contributed by atoms with van der Waals surface area (Å²) in [4.78, 5) is 0. The highest BCUT2D eigenvalue weighted by atomic mass is 16.5. The van der Waals surface area contributed by atoms with Gasteiger partial charge >= 0.3 is 0 Å². The van der Waals surface area contributed by atoms with Gasteiger partial charge in [0.05, 0.1) is 0 Å². The van der Waals surface area contributed by atoms with E-state index in [2.05, 4.69) is 57.3 Å². The van der Waals surface area contributed by atoms with Crippen LogP contribution in [0.4, 0.5) is 0 Å². The summed E-state index contributed by atoms with van der Waals surface area (Å²) < 4.78 is 5.67. The van der Waals surface area contributed by atoms with Gasteiger partial charge < -0.3 is 10.1 Å². The molecular formula is C15H25NO. The van der Waals surface area contributed by atoms with Crippen LogP contribution in [0.25, 0.3) is 0 Å². The number of aryl methyl sites for hydroxylation is 1. The standard InChI is InChI=1S/C15H25NO/c1-5-6-13-7-9-14(10-8-13)17-12-11-16-15(2,3)4/h7-10,16H,5-6,11-12H2,1-4H3. The van der Waals surface area contributed by atoms with Gasteiger partial charge in [-0.2, -0.15) is 0 Å². The van der Waals surface area contributed by atoms with Gasteiger partial charge in [-0.1, -0.05) is 25.5 Å². The molecule has 0 aliphatic heterocycles. The van der Waals surface area contributed by atoms with E-state index in [1.54, 1.807) is 0 Å². The second-order valence-electron chi connectivity index (χ2n) is 5.42. The van der Waals surface area contributed by atoms with E-state index in [4.69, 9.17) is 4.74 Å². The van der Waals surface area contributed by atoms with Crippen molar-refractivity contribution in [2.45, 2.75) is 46.1 Å². The lowest BCUT2D eigenvalue weighted by molar-refractivity contribution is 0.291. The molecule has 1 rings (SSSR count). The Hall–Kier alpha value is -1.02. The first kappa shape index (κ1) is 14.0. The quantitative estimate of drug-likeness (QED) is 0.763. The summed E-state index contributed by atoms with van der Waals surface area (Å²) in [7, 11) is 0. The normalized spacial score (nSPS) is 11.5. The maximum atomic E-state index is 5.67. The SMILES string of the molecule is CCCc1ccc(OCCNC(C)(C)C)cc1. The molecule has 1 N–H and O–H groups in total. The number of hydrogen-bond donors (Lipinski definition) is 1. The number of nitrogens with one attached hydrogen (secondary N) is 1. The van der Waals surface area contributed by atoms with Gasteiger partial charge in [-0.05, 0) is 44.9 Å². The topological polar surface area (TPSA) is 21.3 Å². The fraction of sp³-hybridized carbons (Fsp3) is 0.600. The highest BCUT2D eigenvalue weighted by Crippen LogP contribution is 2.13. The monoisotopic (exact) mass is 235 g/mol. The molecule has 0 bridgehead atoms. The second-order valence-corrected chi connectivity index (χ2v) is 5.42. The third-order valence-electron chi connectivity index (χ3n) is 2.49. The molecule has 0 aliphatic rings. The van der Waals surface area contributed by atoms with Crippen molar-refractivity contribution in [3.05, 3.63) is 29.8 Å². The van der Waals surface area contributed by atoms with Crippen LogP contribution in [0, 0.1) is 0 Å². The first-order chi connectivity index (χ1) is 8.01. The zero-order valence-electron chi connectivity index (χ0n) is 11.5. The predicted octanol–water partition coefficient (Wildman–Crippen LogP) is 3.41. The minimum absolute atomic E-state index is 0.161. The maximum absolute atomic E-state index is 5.67. The molecule has 0 spiro atoms. The summed E-state index contributed by atoms with van der Waals surface area (Å²) in [5.41, 5.74) is 1.54. The Morgan fingerprint density at radius 3 is 2.29 bits per heavy atom. The highest BCUT2D eigenvalue weighted by Gasteiger charge is 2.07. The van der Waals surface area contributed by atoms with Gasteiger partial charge in [-0.25, -0.2) is 0 Å². The molecule has 17 heavy (non-hydrogen) atoms. The van der Waals surface area contributed by atoms with Crippen LogP contribution < -0.4 is 10.1 Å². The first-order valence-electron chi connectivity index (χ1n) is 6.48. The lowest BCUT2D eigenvalue weighted by Crippen LogP contribution is -2.38. The molecule has 0 saturated carbocycles. The smallest absolute Gasteiger partial charge is 0.119 e. The van der Waals surface area contributed by atoms with Crippen molar-refractivity contribution in [1.29, 1.82) is 0 Å². The van der Waals surface area contributed by atoms with Crippen molar-refractivity contribution >= 4 is 0 Å². The molecule has 2 nitrogen and oxygen atoms in total. The van der Waals surface area contributed by atoms with Gasteiger partial charge in [-0.3, -0.25) is 0 Å². The Kier molecular flexibility index (Phi) is 5.49. The van der Waals surface area contributed by atoms with Crippen molar-refractivity contribution in [2.24, 2.45) is 0 Å². The van der Waals surface area contributed by atoms with E-state index in [9.17, 15) is 0 Å². The minimum atomic E-state index is 0.161. The third kappa shape index (κ3) is 6.32. The van der Waals surface area contributed by atoms with E-state index < -0.39 is 0 Å². The zero-order chi connectivity index (χ0) is 12.7. The molecule has 0 aromatic heterocycles. The summed E-state index contributed by atoms with van der Waals surface area (Å²) in [5, 5.41) is 3.40. The Balaban J connectivity index is 2.27. The first-order valence-corrected chi connectivity index (χ1v) is 6.48. The lowest BCUT2D eigenvalue weighted by Gasteiger charge is -2.20. The molecule has 0 heterocycles. The molecule has 1 aromatic carbocycles. The Morgan fingerprint density at radius 1 is 1.12 bits per heavy atom. The molecule has 0 aliphatic carbocycles. The molecule has 0 atom stereocenters.